The predicted octanol–water partition coefficient (Wildman–Crippen LogP) is 2.19. The van der Waals surface area contributed by atoms with Crippen molar-refractivity contribution in [2.24, 2.45) is 22.6 Å². The van der Waals surface area contributed by atoms with Gasteiger partial charge in [-0.25, -0.2) is 0 Å². The first kappa shape index (κ1) is 9.56. The first-order valence-corrected chi connectivity index (χ1v) is 4.94. The Balaban J connectivity index is 2.53. The Labute approximate surface area is 75.3 Å². The lowest BCUT2D eigenvalue weighted by Crippen LogP contribution is -2.23. The maximum Gasteiger partial charge on any atom is 0.0966 e. The van der Waals surface area contributed by atoms with Gasteiger partial charge in [0.1, 0.15) is 0 Å². The van der Waals surface area contributed by atoms with E-state index in [-0.39, 0.29) is 0 Å². The van der Waals surface area contributed by atoms with Crippen molar-refractivity contribution in [3.8, 4) is 0 Å². The molecule has 70 valence electrons. The van der Waals surface area contributed by atoms with Crippen LogP contribution in [-0.4, -0.2) is 11.9 Å². The van der Waals surface area contributed by atoms with Crippen molar-refractivity contribution in [2.75, 3.05) is 0 Å². The summed E-state index contributed by atoms with van der Waals surface area (Å²) in [7, 11) is 0. The van der Waals surface area contributed by atoms with Crippen molar-refractivity contribution >= 4 is 5.84 Å². The largest absolute Gasteiger partial charge is 0.387 e. The minimum atomic E-state index is 0.401. The predicted molar refractivity (Wildman–Crippen MR) is 53.3 cm³/mol. The molecule has 1 aliphatic carbocycles. The summed E-state index contributed by atoms with van der Waals surface area (Å²) in [5.74, 6) is 1.97. The molecule has 1 saturated carbocycles. The Morgan fingerprint density at radius 2 is 2.08 bits per heavy atom. The van der Waals surface area contributed by atoms with Crippen LogP contribution in [0.3, 0.4) is 0 Å². The summed E-state index contributed by atoms with van der Waals surface area (Å²) in [5, 5.41) is 0. The van der Waals surface area contributed by atoms with Crippen molar-refractivity contribution in [1.82, 2.24) is 0 Å². The van der Waals surface area contributed by atoms with Gasteiger partial charge in [-0.15, -0.1) is 0 Å². The molecule has 1 aliphatic rings. The Kier molecular flexibility index (Phi) is 3.12. The SMILES string of the molecule is CC(C)C(N)=NC1CCCC1C. The number of amidine groups is 1. The Hall–Kier alpha value is -0.530. The average molecular weight is 168 g/mol. The molecule has 0 aromatic carbocycles. The van der Waals surface area contributed by atoms with Crippen LogP contribution in [0.4, 0.5) is 0 Å². The number of nitrogens with zero attached hydrogens (tertiary/aromatic N) is 1. The zero-order valence-electron chi connectivity index (χ0n) is 8.38. The second-order valence-electron chi connectivity index (χ2n) is 4.18. The standard InChI is InChI=1S/C10H20N2/c1-7(2)10(11)12-9-6-4-5-8(9)3/h7-9H,4-6H2,1-3H3,(H2,11,12). The van der Waals surface area contributed by atoms with Crippen LogP contribution in [0.1, 0.15) is 40.0 Å². The Morgan fingerprint density at radius 3 is 2.50 bits per heavy atom. The average Bonchev–Trinajstić information content (AvgIpc) is 2.36. The van der Waals surface area contributed by atoms with E-state index in [9.17, 15) is 0 Å². The van der Waals surface area contributed by atoms with Crippen molar-refractivity contribution in [3.63, 3.8) is 0 Å². The summed E-state index contributed by atoms with van der Waals surface area (Å²) < 4.78 is 0. The molecule has 0 spiro atoms. The second kappa shape index (κ2) is 3.92. The zero-order valence-corrected chi connectivity index (χ0v) is 8.38. The van der Waals surface area contributed by atoms with Crippen LogP contribution in [0.5, 0.6) is 0 Å². The highest BCUT2D eigenvalue weighted by atomic mass is 14.9. The number of hydrogen-bond donors (Lipinski definition) is 1. The topological polar surface area (TPSA) is 38.4 Å². The van der Waals surface area contributed by atoms with Crippen LogP contribution in [0.15, 0.2) is 4.99 Å². The Bertz CT molecular complexity index is 173. The Morgan fingerprint density at radius 1 is 1.42 bits per heavy atom. The van der Waals surface area contributed by atoms with Gasteiger partial charge in [0, 0.05) is 5.92 Å². The van der Waals surface area contributed by atoms with Crippen LogP contribution in [0.25, 0.3) is 0 Å². The molecule has 0 heterocycles. The highest BCUT2D eigenvalue weighted by Gasteiger charge is 2.22. The van der Waals surface area contributed by atoms with E-state index in [0.29, 0.717) is 12.0 Å². The number of rotatable bonds is 2. The molecule has 1 fully saturated rings. The van der Waals surface area contributed by atoms with E-state index >= 15 is 0 Å². The van der Waals surface area contributed by atoms with Gasteiger partial charge in [0.2, 0.25) is 0 Å². The molecule has 2 nitrogen and oxygen atoms in total. The molecule has 1 rings (SSSR count). The second-order valence-corrected chi connectivity index (χ2v) is 4.18. The molecule has 2 N–H and O–H groups in total. The van der Waals surface area contributed by atoms with Crippen molar-refractivity contribution in [2.45, 2.75) is 46.1 Å². The lowest BCUT2D eigenvalue weighted by atomic mass is 10.1. The molecule has 0 radical (unpaired) electrons. The van der Waals surface area contributed by atoms with Gasteiger partial charge in [0.15, 0.2) is 0 Å². The zero-order chi connectivity index (χ0) is 9.14. The van der Waals surface area contributed by atoms with Gasteiger partial charge >= 0.3 is 0 Å². The maximum absolute atomic E-state index is 5.81. The highest BCUT2D eigenvalue weighted by Crippen LogP contribution is 2.27. The fourth-order valence-corrected chi connectivity index (χ4v) is 1.66. The van der Waals surface area contributed by atoms with E-state index in [1.54, 1.807) is 0 Å². The molecular formula is C10H20N2. The molecule has 2 unspecified atom stereocenters. The van der Waals surface area contributed by atoms with Gasteiger partial charge in [0.25, 0.3) is 0 Å². The summed E-state index contributed by atoms with van der Waals surface area (Å²) in [5.41, 5.74) is 5.81. The van der Waals surface area contributed by atoms with Crippen LogP contribution >= 0.6 is 0 Å². The third-order valence-corrected chi connectivity index (χ3v) is 2.72. The van der Waals surface area contributed by atoms with E-state index in [2.05, 4.69) is 25.8 Å². The highest BCUT2D eigenvalue weighted by molar-refractivity contribution is 5.82. The number of nitrogens with two attached hydrogens (primary N) is 1. The van der Waals surface area contributed by atoms with Gasteiger partial charge in [0.05, 0.1) is 11.9 Å². The van der Waals surface area contributed by atoms with Gasteiger partial charge in [-0.2, -0.15) is 0 Å². The third kappa shape index (κ3) is 2.23. The molecule has 0 bridgehead atoms. The van der Waals surface area contributed by atoms with Crippen LogP contribution in [-0.2, 0) is 0 Å². The summed E-state index contributed by atoms with van der Waals surface area (Å²) in [4.78, 5) is 4.55. The third-order valence-electron chi connectivity index (χ3n) is 2.72. The summed E-state index contributed by atoms with van der Waals surface area (Å²) in [6, 6.07) is 0.507. The fraction of sp³-hybridized carbons (Fsp3) is 0.900. The normalized spacial score (nSPS) is 31.5. The molecule has 12 heavy (non-hydrogen) atoms. The first-order valence-electron chi connectivity index (χ1n) is 4.94. The lowest BCUT2D eigenvalue weighted by Gasteiger charge is -2.12. The lowest BCUT2D eigenvalue weighted by molar-refractivity contribution is 0.526. The van der Waals surface area contributed by atoms with Crippen LogP contribution in [0.2, 0.25) is 0 Å². The fourth-order valence-electron chi connectivity index (χ4n) is 1.66. The van der Waals surface area contributed by atoms with Crippen molar-refractivity contribution in [1.29, 1.82) is 0 Å². The van der Waals surface area contributed by atoms with Crippen LogP contribution in [0, 0.1) is 11.8 Å². The quantitative estimate of drug-likeness (QED) is 0.498. The maximum atomic E-state index is 5.81. The van der Waals surface area contributed by atoms with Crippen molar-refractivity contribution < 1.29 is 0 Å². The molecule has 0 amide bonds. The van der Waals surface area contributed by atoms with Gasteiger partial charge < -0.3 is 5.73 Å². The number of aliphatic imine (C=N–C) groups is 1. The van der Waals surface area contributed by atoms with Gasteiger partial charge in [-0.1, -0.05) is 27.2 Å². The van der Waals surface area contributed by atoms with Gasteiger partial charge in [-0.05, 0) is 18.8 Å². The van der Waals surface area contributed by atoms with E-state index in [1.165, 1.54) is 19.3 Å². The van der Waals surface area contributed by atoms with Crippen LogP contribution < -0.4 is 5.73 Å². The smallest absolute Gasteiger partial charge is 0.0966 e. The van der Waals surface area contributed by atoms with E-state index in [0.717, 1.165) is 11.8 Å². The van der Waals surface area contributed by atoms with E-state index in [4.69, 9.17) is 5.73 Å². The molecular weight excluding hydrogens is 148 g/mol. The molecule has 0 aromatic heterocycles. The van der Waals surface area contributed by atoms with E-state index in [1.807, 2.05) is 0 Å². The monoisotopic (exact) mass is 168 g/mol. The van der Waals surface area contributed by atoms with Crippen molar-refractivity contribution in [3.05, 3.63) is 0 Å². The summed E-state index contributed by atoms with van der Waals surface area (Å²) >= 11 is 0. The molecule has 0 aliphatic heterocycles. The van der Waals surface area contributed by atoms with Gasteiger partial charge in [-0.3, -0.25) is 4.99 Å². The van der Waals surface area contributed by atoms with E-state index < -0.39 is 0 Å². The minimum absolute atomic E-state index is 0.401. The molecule has 0 aromatic rings. The summed E-state index contributed by atoms with van der Waals surface area (Å²) in [6.45, 7) is 6.46. The molecule has 2 heteroatoms. The summed E-state index contributed by atoms with van der Waals surface area (Å²) in [6.07, 6.45) is 3.87. The first-order chi connectivity index (χ1) is 5.61. The minimum Gasteiger partial charge on any atom is -0.387 e. The molecule has 2 atom stereocenters. The number of hydrogen-bond acceptors (Lipinski definition) is 1. The molecule has 0 saturated heterocycles.